The van der Waals surface area contributed by atoms with Gasteiger partial charge in [-0.25, -0.2) is 4.98 Å². The Labute approximate surface area is 148 Å². The predicted octanol–water partition coefficient (Wildman–Crippen LogP) is 2.39. The fourth-order valence-electron chi connectivity index (χ4n) is 2.73. The highest BCUT2D eigenvalue weighted by Gasteiger charge is 2.10. The molecule has 2 heterocycles. The molecule has 132 valence electrons. The Morgan fingerprint density at radius 3 is 2.76 bits per heavy atom. The van der Waals surface area contributed by atoms with Gasteiger partial charge in [0.1, 0.15) is 5.69 Å². The molecule has 3 rings (SSSR count). The number of nitrogens with zero attached hydrogens (tertiary/aromatic N) is 2. The van der Waals surface area contributed by atoms with Gasteiger partial charge < -0.3 is 15.4 Å². The first-order valence-corrected chi connectivity index (χ1v) is 8.59. The van der Waals surface area contributed by atoms with Crippen molar-refractivity contribution in [1.82, 2.24) is 9.88 Å². The van der Waals surface area contributed by atoms with E-state index in [-0.39, 0.29) is 5.91 Å². The van der Waals surface area contributed by atoms with Gasteiger partial charge in [0.25, 0.3) is 5.91 Å². The summed E-state index contributed by atoms with van der Waals surface area (Å²) in [6, 6.07) is 11.3. The lowest BCUT2D eigenvalue weighted by Crippen LogP contribution is -2.39. The average molecular weight is 340 g/mol. The Balaban J connectivity index is 1.48. The van der Waals surface area contributed by atoms with Gasteiger partial charge in [0.2, 0.25) is 0 Å². The molecule has 0 saturated carbocycles. The van der Waals surface area contributed by atoms with E-state index in [0.717, 1.165) is 56.3 Å². The lowest BCUT2D eigenvalue weighted by Gasteiger charge is -2.26. The molecule has 25 heavy (non-hydrogen) atoms. The lowest BCUT2D eigenvalue weighted by molar-refractivity contribution is 0.0398. The molecule has 1 amide bonds. The van der Waals surface area contributed by atoms with Crippen molar-refractivity contribution in [2.45, 2.75) is 6.92 Å². The number of aryl methyl sites for hydroxylation is 1. The molecular weight excluding hydrogens is 316 g/mol. The quantitative estimate of drug-likeness (QED) is 0.845. The summed E-state index contributed by atoms with van der Waals surface area (Å²) in [6.45, 7) is 7.40. The van der Waals surface area contributed by atoms with Gasteiger partial charge in [-0.3, -0.25) is 9.69 Å². The van der Waals surface area contributed by atoms with E-state index in [0.29, 0.717) is 5.69 Å². The van der Waals surface area contributed by atoms with Crippen molar-refractivity contribution in [3.8, 4) is 0 Å². The molecule has 2 N–H and O–H groups in total. The second kappa shape index (κ2) is 8.60. The van der Waals surface area contributed by atoms with Crippen LogP contribution in [0, 0.1) is 6.92 Å². The van der Waals surface area contributed by atoms with Gasteiger partial charge in [0.05, 0.1) is 25.1 Å². The zero-order chi connectivity index (χ0) is 17.5. The van der Waals surface area contributed by atoms with Gasteiger partial charge >= 0.3 is 0 Å². The van der Waals surface area contributed by atoms with Crippen molar-refractivity contribution in [3.05, 3.63) is 53.9 Å². The molecule has 1 fully saturated rings. The summed E-state index contributed by atoms with van der Waals surface area (Å²) < 4.78 is 5.34. The van der Waals surface area contributed by atoms with Crippen LogP contribution in [-0.4, -0.2) is 55.2 Å². The minimum absolute atomic E-state index is 0.203. The van der Waals surface area contributed by atoms with Crippen LogP contribution < -0.4 is 10.6 Å². The van der Waals surface area contributed by atoms with E-state index in [1.54, 1.807) is 12.3 Å². The smallest absolute Gasteiger partial charge is 0.274 e. The van der Waals surface area contributed by atoms with Crippen molar-refractivity contribution in [1.29, 1.82) is 0 Å². The number of benzene rings is 1. The maximum absolute atomic E-state index is 12.2. The summed E-state index contributed by atoms with van der Waals surface area (Å²) in [5, 5.41) is 6.20. The van der Waals surface area contributed by atoms with Crippen molar-refractivity contribution in [2.75, 3.05) is 50.0 Å². The number of carbonyl (C=O) groups excluding carboxylic acids is 1. The number of hydrogen-bond acceptors (Lipinski definition) is 5. The van der Waals surface area contributed by atoms with Gasteiger partial charge in [-0.2, -0.15) is 0 Å². The molecule has 1 aliphatic heterocycles. The second-order valence-electron chi connectivity index (χ2n) is 6.14. The number of nitrogens with one attached hydrogen (secondary N) is 2. The maximum Gasteiger partial charge on any atom is 0.274 e. The minimum atomic E-state index is -0.203. The summed E-state index contributed by atoms with van der Waals surface area (Å²) >= 11 is 0. The number of hydrogen-bond donors (Lipinski definition) is 2. The molecule has 1 aliphatic rings. The molecule has 2 aromatic rings. The number of ether oxygens (including phenoxy) is 1. The van der Waals surface area contributed by atoms with Crippen LogP contribution in [0.2, 0.25) is 0 Å². The van der Waals surface area contributed by atoms with E-state index in [9.17, 15) is 4.79 Å². The molecule has 0 radical (unpaired) electrons. The number of pyridine rings is 1. The van der Waals surface area contributed by atoms with Crippen LogP contribution in [0.25, 0.3) is 0 Å². The predicted molar refractivity (Wildman–Crippen MR) is 99.1 cm³/mol. The molecule has 1 saturated heterocycles. The third-order valence-electron chi connectivity index (χ3n) is 4.13. The number of aromatic nitrogens is 1. The Morgan fingerprint density at radius 1 is 1.20 bits per heavy atom. The fraction of sp³-hybridized carbons (Fsp3) is 0.368. The number of rotatable bonds is 6. The monoisotopic (exact) mass is 340 g/mol. The molecule has 0 atom stereocenters. The third-order valence-corrected chi connectivity index (χ3v) is 4.13. The summed E-state index contributed by atoms with van der Waals surface area (Å²) in [7, 11) is 0. The van der Waals surface area contributed by atoms with Crippen molar-refractivity contribution < 1.29 is 9.53 Å². The van der Waals surface area contributed by atoms with Crippen molar-refractivity contribution in [2.24, 2.45) is 0 Å². The summed E-state index contributed by atoms with van der Waals surface area (Å²) in [6.07, 6.45) is 1.70. The lowest BCUT2D eigenvalue weighted by atomic mass is 10.2. The molecule has 6 nitrogen and oxygen atoms in total. The number of amides is 1. The van der Waals surface area contributed by atoms with Crippen LogP contribution in [0.3, 0.4) is 0 Å². The van der Waals surface area contributed by atoms with Gasteiger partial charge in [0, 0.05) is 31.9 Å². The first-order valence-electron chi connectivity index (χ1n) is 8.59. The first-order chi connectivity index (χ1) is 12.2. The van der Waals surface area contributed by atoms with Crippen LogP contribution in [0.4, 0.5) is 11.4 Å². The van der Waals surface area contributed by atoms with E-state index < -0.39 is 0 Å². The van der Waals surface area contributed by atoms with Gasteiger partial charge in [0.15, 0.2) is 0 Å². The highest BCUT2D eigenvalue weighted by molar-refractivity contribution is 6.02. The van der Waals surface area contributed by atoms with E-state index in [4.69, 9.17) is 4.74 Å². The van der Waals surface area contributed by atoms with Crippen LogP contribution in [0.15, 0.2) is 42.6 Å². The van der Waals surface area contributed by atoms with Crippen LogP contribution in [-0.2, 0) is 4.74 Å². The molecule has 6 heteroatoms. The standard InChI is InChI=1S/C19H24N4O2/c1-15-3-2-4-16(13-15)22-19(24)18-6-5-17(14-21-18)20-7-8-23-9-11-25-12-10-23/h2-6,13-14,20H,7-12H2,1H3,(H,22,24). The molecule has 0 bridgehead atoms. The third kappa shape index (κ3) is 5.27. The molecule has 0 aliphatic carbocycles. The Morgan fingerprint density at radius 2 is 2.04 bits per heavy atom. The Kier molecular flexibility index (Phi) is 5.98. The summed E-state index contributed by atoms with van der Waals surface area (Å²) in [5.41, 5.74) is 3.20. The Hall–Kier alpha value is -2.44. The molecular formula is C19H24N4O2. The van der Waals surface area contributed by atoms with E-state index in [1.165, 1.54) is 0 Å². The first kappa shape index (κ1) is 17.4. The summed E-state index contributed by atoms with van der Waals surface area (Å²) in [5.74, 6) is -0.203. The largest absolute Gasteiger partial charge is 0.383 e. The van der Waals surface area contributed by atoms with Gasteiger partial charge in [-0.1, -0.05) is 12.1 Å². The fourth-order valence-corrected chi connectivity index (χ4v) is 2.73. The topological polar surface area (TPSA) is 66.5 Å². The summed E-state index contributed by atoms with van der Waals surface area (Å²) in [4.78, 5) is 18.9. The minimum Gasteiger partial charge on any atom is -0.383 e. The van der Waals surface area contributed by atoms with Gasteiger partial charge in [-0.15, -0.1) is 0 Å². The second-order valence-corrected chi connectivity index (χ2v) is 6.14. The number of anilines is 2. The van der Waals surface area contributed by atoms with Crippen molar-refractivity contribution >= 4 is 17.3 Å². The van der Waals surface area contributed by atoms with E-state index in [2.05, 4.69) is 20.5 Å². The van der Waals surface area contributed by atoms with Crippen LogP contribution >= 0.6 is 0 Å². The van der Waals surface area contributed by atoms with Gasteiger partial charge in [-0.05, 0) is 36.8 Å². The van der Waals surface area contributed by atoms with E-state index >= 15 is 0 Å². The highest BCUT2D eigenvalue weighted by Crippen LogP contribution is 2.12. The molecule has 0 unspecified atom stereocenters. The van der Waals surface area contributed by atoms with Crippen LogP contribution in [0.5, 0.6) is 0 Å². The van der Waals surface area contributed by atoms with E-state index in [1.807, 2.05) is 37.3 Å². The zero-order valence-corrected chi connectivity index (χ0v) is 14.5. The zero-order valence-electron chi connectivity index (χ0n) is 14.5. The van der Waals surface area contributed by atoms with Crippen LogP contribution in [0.1, 0.15) is 16.1 Å². The molecule has 1 aromatic carbocycles. The average Bonchev–Trinajstić information content (AvgIpc) is 2.63. The normalized spacial score (nSPS) is 14.9. The highest BCUT2D eigenvalue weighted by atomic mass is 16.5. The molecule has 0 spiro atoms. The number of carbonyl (C=O) groups is 1. The van der Waals surface area contributed by atoms with Crippen molar-refractivity contribution in [3.63, 3.8) is 0 Å². The molecule has 1 aromatic heterocycles. The SMILES string of the molecule is Cc1cccc(NC(=O)c2ccc(NCCN3CCOCC3)cn2)c1. The maximum atomic E-state index is 12.2. The Bertz CT molecular complexity index is 697. The number of morpholine rings is 1.